The van der Waals surface area contributed by atoms with Crippen LogP contribution in [-0.4, -0.2) is 32.3 Å². The second-order valence-electron chi connectivity index (χ2n) is 4.92. The molecule has 0 saturated carbocycles. The van der Waals surface area contributed by atoms with E-state index in [1.165, 1.54) is 6.33 Å². The van der Waals surface area contributed by atoms with Crippen LogP contribution < -0.4 is 10.5 Å². The Morgan fingerprint density at radius 2 is 2.00 bits per heavy atom. The first-order chi connectivity index (χ1) is 10.6. The maximum Gasteiger partial charge on any atom is 0.183 e. The van der Waals surface area contributed by atoms with Crippen LogP contribution in [-0.2, 0) is 0 Å². The number of para-hydroxylation sites is 1. The van der Waals surface area contributed by atoms with Crippen LogP contribution in [0.1, 0.15) is 11.1 Å². The van der Waals surface area contributed by atoms with Crippen LogP contribution in [0.3, 0.4) is 0 Å². The number of nitrogens with two attached hydrogens (primary N) is 1. The number of thioether (sulfide) groups is 1. The minimum Gasteiger partial charge on any atom is -0.492 e. The standard InChI is InChI=1S/C15H17N5OS/c1-9-4-3-5-10(2)12(9)21-6-7-22-15-19-11-13(16)17-8-18-14(11)20-15/h3-5,8H,6-7H2,1-2H3,(H3,16,17,18,19,20). The summed E-state index contributed by atoms with van der Waals surface area (Å²) in [5.74, 6) is 2.15. The van der Waals surface area contributed by atoms with Crippen LogP contribution in [0.5, 0.6) is 5.75 Å². The van der Waals surface area contributed by atoms with Gasteiger partial charge in [-0.25, -0.2) is 15.0 Å². The molecule has 6 nitrogen and oxygen atoms in total. The van der Waals surface area contributed by atoms with Gasteiger partial charge >= 0.3 is 0 Å². The lowest BCUT2D eigenvalue weighted by Gasteiger charge is -2.11. The number of nitrogens with zero attached hydrogens (tertiary/aromatic N) is 3. The monoisotopic (exact) mass is 315 g/mol. The third-order valence-corrected chi connectivity index (χ3v) is 4.11. The van der Waals surface area contributed by atoms with Crippen molar-refractivity contribution in [1.82, 2.24) is 19.9 Å². The predicted molar refractivity (Wildman–Crippen MR) is 88.2 cm³/mol. The Bertz CT molecular complexity index is 781. The number of aromatic amines is 1. The summed E-state index contributed by atoms with van der Waals surface area (Å²) in [7, 11) is 0. The third kappa shape index (κ3) is 2.99. The van der Waals surface area contributed by atoms with Gasteiger partial charge in [-0.2, -0.15) is 0 Å². The van der Waals surface area contributed by atoms with Gasteiger partial charge in [0.05, 0.1) is 6.61 Å². The van der Waals surface area contributed by atoms with Crippen LogP contribution in [0.25, 0.3) is 11.2 Å². The van der Waals surface area contributed by atoms with Gasteiger partial charge in [0.2, 0.25) is 0 Å². The van der Waals surface area contributed by atoms with Crippen molar-refractivity contribution in [2.75, 3.05) is 18.1 Å². The second-order valence-corrected chi connectivity index (χ2v) is 6.00. The number of fused-ring (bicyclic) bond motifs is 1. The first kappa shape index (κ1) is 14.6. The summed E-state index contributed by atoms with van der Waals surface area (Å²) in [5.41, 5.74) is 9.35. The quantitative estimate of drug-likeness (QED) is 0.556. The fourth-order valence-electron chi connectivity index (χ4n) is 2.20. The molecule has 114 valence electrons. The number of aromatic nitrogens is 4. The molecular weight excluding hydrogens is 298 g/mol. The Morgan fingerprint density at radius 3 is 2.73 bits per heavy atom. The normalized spacial score (nSPS) is 11.0. The second kappa shape index (κ2) is 6.23. The number of imidazole rings is 1. The zero-order valence-corrected chi connectivity index (χ0v) is 13.3. The molecule has 0 aliphatic carbocycles. The molecule has 0 radical (unpaired) electrons. The Kier molecular flexibility index (Phi) is 4.15. The summed E-state index contributed by atoms with van der Waals surface area (Å²) in [6, 6.07) is 6.14. The average Bonchev–Trinajstić information content (AvgIpc) is 2.90. The zero-order valence-electron chi connectivity index (χ0n) is 12.5. The molecule has 2 aromatic heterocycles. The lowest BCUT2D eigenvalue weighted by Crippen LogP contribution is -2.03. The molecule has 0 saturated heterocycles. The van der Waals surface area contributed by atoms with Gasteiger partial charge in [-0.15, -0.1) is 0 Å². The first-order valence-electron chi connectivity index (χ1n) is 6.93. The van der Waals surface area contributed by atoms with Gasteiger partial charge in [-0.3, -0.25) is 0 Å². The van der Waals surface area contributed by atoms with E-state index in [2.05, 4.69) is 45.9 Å². The van der Waals surface area contributed by atoms with Crippen LogP contribution in [0.2, 0.25) is 0 Å². The van der Waals surface area contributed by atoms with Crippen molar-refractivity contribution >= 4 is 28.7 Å². The Morgan fingerprint density at radius 1 is 1.23 bits per heavy atom. The molecule has 0 spiro atoms. The highest BCUT2D eigenvalue weighted by molar-refractivity contribution is 7.99. The molecule has 7 heteroatoms. The molecule has 0 unspecified atom stereocenters. The first-order valence-corrected chi connectivity index (χ1v) is 7.91. The topological polar surface area (TPSA) is 89.7 Å². The average molecular weight is 315 g/mol. The van der Waals surface area contributed by atoms with Crippen LogP contribution in [0.15, 0.2) is 29.7 Å². The van der Waals surface area contributed by atoms with Crippen molar-refractivity contribution in [3.63, 3.8) is 0 Å². The van der Waals surface area contributed by atoms with E-state index in [0.717, 1.165) is 27.8 Å². The molecule has 1 aromatic carbocycles. The van der Waals surface area contributed by atoms with E-state index in [1.807, 2.05) is 6.07 Å². The van der Waals surface area contributed by atoms with E-state index < -0.39 is 0 Å². The van der Waals surface area contributed by atoms with E-state index in [-0.39, 0.29) is 0 Å². The van der Waals surface area contributed by atoms with Gasteiger partial charge in [0, 0.05) is 5.75 Å². The van der Waals surface area contributed by atoms with Crippen LogP contribution in [0.4, 0.5) is 5.82 Å². The van der Waals surface area contributed by atoms with Crippen molar-refractivity contribution in [3.8, 4) is 5.75 Å². The number of H-pyrrole nitrogens is 1. The number of aryl methyl sites for hydroxylation is 2. The fourth-order valence-corrected chi connectivity index (χ4v) is 2.89. The van der Waals surface area contributed by atoms with E-state index in [0.29, 0.717) is 23.6 Å². The number of ether oxygens (including phenoxy) is 1. The summed E-state index contributed by atoms with van der Waals surface area (Å²) >= 11 is 1.57. The minimum atomic E-state index is 0.413. The molecular formula is C15H17N5OS. The number of hydrogen-bond donors (Lipinski definition) is 2. The highest BCUT2D eigenvalue weighted by atomic mass is 32.2. The summed E-state index contributed by atoms with van der Waals surface area (Å²) < 4.78 is 5.87. The van der Waals surface area contributed by atoms with Gasteiger partial charge in [0.25, 0.3) is 0 Å². The SMILES string of the molecule is Cc1cccc(C)c1OCCSc1nc2ncnc(N)c2[nH]1. The van der Waals surface area contributed by atoms with Crippen molar-refractivity contribution in [2.45, 2.75) is 19.0 Å². The summed E-state index contributed by atoms with van der Waals surface area (Å²) in [4.78, 5) is 15.5. The van der Waals surface area contributed by atoms with Crippen molar-refractivity contribution in [1.29, 1.82) is 0 Å². The van der Waals surface area contributed by atoms with Crippen LogP contribution >= 0.6 is 11.8 Å². The molecule has 3 aromatic rings. The van der Waals surface area contributed by atoms with Crippen molar-refractivity contribution in [3.05, 3.63) is 35.7 Å². The highest BCUT2D eigenvalue weighted by Gasteiger charge is 2.08. The van der Waals surface area contributed by atoms with E-state index in [1.54, 1.807) is 11.8 Å². The molecule has 0 bridgehead atoms. The number of anilines is 1. The van der Waals surface area contributed by atoms with Crippen molar-refractivity contribution < 1.29 is 4.74 Å². The van der Waals surface area contributed by atoms with E-state index >= 15 is 0 Å². The number of nitrogen functional groups attached to an aromatic ring is 1. The zero-order chi connectivity index (χ0) is 15.5. The van der Waals surface area contributed by atoms with Gasteiger partial charge in [0.15, 0.2) is 16.6 Å². The van der Waals surface area contributed by atoms with Crippen LogP contribution in [0, 0.1) is 13.8 Å². The summed E-state index contributed by atoms with van der Waals surface area (Å²) in [5, 5.41) is 0.771. The molecule has 2 heterocycles. The van der Waals surface area contributed by atoms with Gasteiger partial charge in [-0.1, -0.05) is 30.0 Å². The van der Waals surface area contributed by atoms with E-state index in [9.17, 15) is 0 Å². The van der Waals surface area contributed by atoms with Crippen molar-refractivity contribution in [2.24, 2.45) is 0 Å². The molecule has 0 amide bonds. The molecule has 22 heavy (non-hydrogen) atoms. The molecule has 3 N–H and O–H groups in total. The summed E-state index contributed by atoms with van der Waals surface area (Å²) in [6.45, 7) is 4.71. The molecule has 0 aliphatic heterocycles. The smallest absolute Gasteiger partial charge is 0.183 e. The summed E-state index contributed by atoms with van der Waals surface area (Å²) in [6.07, 6.45) is 1.41. The highest BCUT2D eigenvalue weighted by Crippen LogP contribution is 2.24. The fraction of sp³-hybridized carbons (Fsp3) is 0.267. The molecule has 0 fully saturated rings. The number of nitrogens with one attached hydrogen (secondary N) is 1. The van der Waals surface area contributed by atoms with Gasteiger partial charge in [0.1, 0.15) is 17.6 Å². The number of hydrogen-bond acceptors (Lipinski definition) is 6. The lowest BCUT2D eigenvalue weighted by molar-refractivity contribution is 0.339. The van der Waals surface area contributed by atoms with Gasteiger partial charge < -0.3 is 15.5 Å². The maximum absolute atomic E-state index is 5.87. The Balaban J connectivity index is 1.60. The van der Waals surface area contributed by atoms with E-state index in [4.69, 9.17) is 10.5 Å². The largest absolute Gasteiger partial charge is 0.492 e. The number of benzene rings is 1. The minimum absolute atomic E-state index is 0.413. The van der Waals surface area contributed by atoms with Gasteiger partial charge in [-0.05, 0) is 25.0 Å². The Labute approximate surface area is 132 Å². The maximum atomic E-state index is 5.87. The molecule has 0 atom stereocenters. The molecule has 3 rings (SSSR count). The Hall–Kier alpha value is -2.28. The number of rotatable bonds is 5. The third-order valence-electron chi connectivity index (χ3n) is 3.27. The molecule has 0 aliphatic rings. The lowest BCUT2D eigenvalue weighted by atomic mass is 10.1. The predicted octanol–water partition coefficient (Wildman–Crippen LogP) is 2.72.